The molecule has 0 aliphatic heterocycles. The van der Waals surface area contributed by atoms with Gasteiger partial charge in [0.25, 0.3) is 0 Å². The number of anilines is 2. The molecule has 2 aromatic carbocycles. The van der Waals surface area contributed by atoms with Crippen LogP contribution in [0.5, 0.6) is 0 Å². The minimum Gasteiger partial charge on any atom is -0.478 e. The fraction of sp³-hybridized carbons (Fsp3) is 0.133. The molecule has 0 aromatic heterocycles. The quantitative estimate of drug-likeness (QED) is 0.894. The summed E-state index contributed by atoms with van der Waals surface area (Å²) in [6.07, 6.45) is 0. The Bertz CT molecular complexity index is 561. The van der Waals surface area contributed by atoms with Crippen LogP contribution in [0.4, 0.5) is 11.4 Å². The number of carboxylic acid groups (broad SMARTS) is 1. The molecule has 0 aliphatic carbocycles. The van der Waals surface area contributed by atoms with Gasteiger partial charge in [-0.1, -0.05) is 29.8 Å². The van der Waals surface area contributed by atoms with E-state index in [2.05, 4.69) is 0 Å². The van der Waals surface area contributed by atoms with Gasteiger partial charge in [-0.05, 0) is 31.2 Å². The number of hydrogen-bond acceptors (Lipinski definition) is 2. The van der Waals surface area contributed by atoms with Gasteiger partial charge in [0.1, 0.15) is 0 Å². The molecule has 0 aliphatic rings. The van der Waals surface area contributed by atoms with Gasteiger partial charge in [0.2, 0.25) is 0 Å². The SMILES string of the molecule is Cc1ccc(N(C)c2ccccc2C(=O)O)cc1. The van der Waals surface area contributed by atoms with Gasteiger partial charge in [-0.3, -0.25) is 0 Å². The number of hydrogen-bond donors (Lipinski definition) is 1. The zero-order valence-electron chi connectivity index (χ0n) is 10.4. The lowest BCUT2D eigenvalue weighted by Gasteiger charge is -2.21. The molecule has 0 amide bonds. The van der Waals surface area contributed by atoms with Crippen molar-refractivity contribution in [1.29, 1.82) is 0 Å². The zero-order chi connectivity index (χ0) is 13.1. The second-order valence-electron chi connectivity index (χ2n) is 4.22. The van der Waals surface area contributed by atoms with Crippen LogP contribution in [0.15, 0.2) is 48.5 Å². The first-order valence-corrected chi connectivity index (χ1v) is 5.72. The second kappa shape index (κ2) is 4.92. The van der Waals surface area contributed by atoms with Crippen molar-refractivity contribution < 1.29 is 9.90 Å². The summed E-state index contributed by atoms with van der Waals surface area (Å²) in [6.45, 7) is 2.02. The zero-order valence-corrected chi connectivity index (χ0v) is 10.4. The van der Waals surface area contributed by atoms with Crippen molar-refractivity contribution in [2.24, 2.45) is 0 Å². The number of aromatic carboxylic acids is 1. The molecule has 2 aromatic rings. The minimum absolute atomic E-state index is 0.306. The van der Waals surface area contributed by atoms with E-state index in [9.17, 15) is 9.90 Å². The molecule has 3 heteroatoms. The Labute approximate surface area is 106 Å². The summed E-state index contributed by atoms with van der Waals surface area (Å²) < 4.78 is 0. The molecule has 0 spiro atoms. The maximum absolute atomic E-state index is 11.2. The first kappa shape index (κ1) is 12.2. The van der Waals surface area contributed by atoms with E-state index in [1.807, 2.05) is 55.3 Å². The summed E-state index contributed by atoms with van der Waals surface area (Å²) in [6, 6.07) is 15.0. The number of nitrogens with zero attached hydrogens (tertiary/aromatic N) is 1. The number of rotatable bonds is 3. The van der Waals surface area contributed by atoms with Crippen molar-refractivity contribution >= 4 is 17.3 Å². The maximum Gasteiger partial charge on any atom is 0.337 e. The molecular formula is C15H15NO2. The molecule has 0 saturated carbocycles. The average Bonchev–Trinajstić information content (AvgIpc) is 2.39. The molecule has 2 rings (SSSR count). The molecule has 0 bridgehead atoms. The summed E-state index contributed by atoms with van der Waals surface area (Å²) in [5.74, 6) is -0.912. The second-order valence-corrected chi connectivity index (χ2v) is 4.22. The standard InChI is InChI=1S/C15H15NO2/c1-11-7-9-12(10-8-11)16(2)14-6-4-3-5-13(14)15(17)18/h3-10H,1-2H3,(H,17,18). The molecule has 3 nitrogen and oxygen atoms in total. The van der Waals surface area contributed by atoms with Crippen molar-refractivity contribution in [3.63, 3.8) is 0 Å². The van der Waals surface area contributed by atoms with Gasteiger partial charge in [-0.2, -0.15) is 0 Å². The van der Waals surface area contributed by atoms with Crippen molar-refractivity contribution in [3.05, 3.63) is 59.7 Å². The Morgan fingerprint density at radius 3 is 2.28 bits per heavy atom. The molecular weight excluding hydrogens is 226 g/mol. The number of aryl methyl sites for hydroxylation is 1. The highest BCUT2D eigenvalue weighted by atomic mass is 16.4. The first-order chi connectivity index (χ1) is 8.59. The topological polar surface area (TPSA) is 40.5 Å². The van der Waals surface area contributed by atoms with Crippen molar-refractivity contribution in [1.82, 2.24) is 0 Å². The normalized spacial score (nSPS) is 10.1. The lowest BCUT2D eigenvalue weighted by molar-refractivity contribution is 0.0697. The number of benzene rings is 2. The third kappa shape index (κ3) is 2.35. The van der Waals surface area contributed by atoms with Crippen LogP contribution < -0.4 is 4.90 Å². The Morgan fingerprint density at radius 2 is 1.67 bits per heavy atom. The largest absolute Gasteiger partial charge is 0.478 e. The van der Waals surface area contributed by atoms with Crippen molar-refractivity contribution in [3.8, 4) is 0 Å². The number of para-hydroxylation sites is 1. The van der Waals surface area contributed by atoms with Gasteiger partial charge in [0.15, 0.2) is 0 Å². The third-order valence-electron chi connectivity index (χ3n) is 2.92. The van der Waals surface area contributed by atoms with E-state index in [-0.39, 0.29) is 0 Å². The van der Waals surface area contributed by atoms with Crippen LogP contribution in [0, 0.1) is 6.92 Å². The van der Waals surface area contributed by atoms with Gasteiger partial charge >= 0.3 is 5.97 Å². The highest BCUT2D eigenvalue weighted by Crippen LogP contribution is 2.27. The highest BCUT2D eigenvalue weighted by molar-refractivity contribution is 5.95. The fourth-order valence-corrected chi connectivity index (χ4v) is 1.85. The van der Waals surface area contributed by atoms with E-state index in [0.717, 1.165) is 5.69 Å². The lowest BCUT2D eigenvalue weighted by Crippen LogP contribution is -2.13. The van der Waals surface area contributed by atoms with Gasteiger partial charge in [0, 0.05) is 12.7 Å². The van der Waals surface area contributed by atoms with Gasteiger partial charge < -0.3 is 10.0 Å². The molecule has 0 radical (unpaired) electrons. The molecule has 18 heavy (non-hydrogen) atoms. The summed E-state index contributed by atoms with van der Waals surface area (Å²) >= 11 is 0. The van der Waals surface area contributed by atoms with E-state index in [1.54, 1.807) is 12.1 Å². The van der Waals surface area contributed by atoms with Crippen molar-refractivity contribution in [2.75, 3.05) is 11.9 Å². The van der Waals surface area contributed by atoms with E-state index in [1.165, 1.54) is 5.56 Å². The molecule has 0 unspecified atom stereocenters. The Morgan fingerprint density at radius 1 is 1.06 bits per heavy atom. The molecule has 0 fully saturated rings. The van der Waals surface area contributed by atoms with Gasteiger partial charge in [-0.25, -0.2) is 4.79 Å². The minimum atomic E-state index is -0.912. The Hall–Kier alpha value is -2.29. The van der Waals surface area contributed by atoms with Crippen LogP contribution in [0.3, 0.4) is 0 Å². The van der Waals surface area contributed by atoms with Crippen LogP contribution >= 0.6 is 0 Å². The van der Waals surface area contributed by atoms with Gasteiger partial charge in [0.05, 0.1) is 11.3 Å². The molecule has 0 atom stereocenters. The van der Waals surface area contributed by atoms with Crippen LogP contribution in [0.1, 0.15) is 15.9 Å². The van der Waals surface area contributed by atoms with Crippen molar-refractivity contribution in [2.45, 2.75) is 6.92 Å². The van der Waals surface area contributed by atoms with Gasteiger partial charge in [-0.15, -0.1) is 0 Å². The number of carboxylic acids is 1. The summed E-state index contributed by atoms with van der Waals surface area (Å²) in [4.78, 5) is 13.1. The monoisotopic (exact) mass is 241 g/mol. The molecule has 1 N–H and O–H groups in total. The predicted octanol–water partition coefficient (Wildman–Crippen LogP) is 3.46. The van der Waals surface area contributed by atoms with E-state index < -0.39 is 5.97 Å². The van der Waals surface area contributed by atoms with E-state index in [0.29, 0.717) is 11.3 Å². The third-order valence-corrected chi connectivity index (χ3v) is 2.92. The summed E-state index contributed by atoms with van der Waals surface area (Å²) in [5.41, 5.74) is 3.14. The highest BCUT2D eigenvalue weighted by Gasteiger charge is 2.13. The average molecular weight is 241 g/mol. The van der Waals surface area contributed by atoms with Crippen LogP contribution in [0.25, 0.3) is 0 Å². The summed E-state index contributed by atoms with van der Waals surface area (Å²) in [5, 5.41) is 9.18. The predicted molar refractivity (Wildman–Crippen MR) is 72.6 cm³/mol. The number of carbonyl (C=O) groups is 1. The Balaban J connectivity index is 2.42. The van der Waals surface area contributed by atoms with Crippen LogP contribution in [-0.4, -0.2) is 18.1 Å². The first-order valence-electron chi connectivity index (χ1n) is 5.72. The van der Waals surface area contributed by atoms with Crippen LogP contribution in [-0.2, 0) is 0 Å². The molecule has 92 valence electrons. The van der Waals surface area contributed by atoms with Crippen LogP contribution in [0.2, 0.25) is 0 Å². The smallest absolute Gasteiger partial charge is 0.337 e. The van der Waals surface area contributed by atoms with E-state index in [4.69, 9.17) is 0 Å². The molecule has 0 saturated heterocycles. The molecule has 0 heterocycles. The summed E-state index contributed by atoms with van der Waals surface area (Å²) in [7, 11) is 1.87. The maximum atomic E-state index is 11.2. The fourth-order valence-electron chi connectivity index (χ4n) is 1.85. The lowest BCUT2D eigenvalue weighted by atomic mass is 10.1. The Kier molecular flexibility index (Phi) is 3.33. The van der Waals surface area contributed by atoms with E-state index >= 15 is 0 Å².